The normalized spacial score (nSPS) is 24.1. The minimum absolute atomic E-state index is 0.182. The molecule has 0 bridgehead atoms. The van der Waals surface area contributed by atoms with Crippen LogP contribution in [0.15, 0.2) is 0 Å². The topological polar surface area (TPSA) is 27.7 Å². The summed E-state index contributed by atoms with van der Waals surface area (Å²) >= 11 is 0. The van der Waals surface area contributed by atoms with Crippen molar-refractivity contribution in [1.29, 1.82) is 0 Å². The van der Waals surface area contributed by atoms with Gasteiger partial charge in [-0.05, 0) is 59.3 Å². The summed E-state index contributed by atoms with van der Waals surface area (Å²) in [7, 11) is -0.373. The molecule has 0 aromatic rings. The fourth-order valence-corrected chi connectivity index (χ4v) is 7.25. The summed E-state index contributed by atoms with van der Waals surface area (Å²) in [6.07, 6.45) is 8.39. The molecule has 0 saturated carbocycles. The van der Waals surface area contributed by atoms with Crippen LogP contribution in [0.2, 0.25) is 0 Å². The smallest absolute Gasteiger partial charge is 0.367 e. The molecular formula is C19H42NO3Si+. The van der Waals surface area contributed by atoms with Gasteiger partial charge in [-0.3, -0.25) is 0 Å². The van der Waals surface area contributed by atoms with Crippen LogP contribution in [0.1, 0.15) is 80.1 Å². The van der Waals surface area contributed by atoms with E-state index in [2.05, 4.69) is 48.6 Å². The number of hydrogen-bond acceptors (Lipinski definition) is 3. The van der Waals surface area contributed by atoms with Crippen LogP contribution in [0.5, 0.6) is 0 Å². The van der Waals surface area contributed by atoms with E-state index < -0.39 is 8.80 Å². The average Bonchev–Trinajstić information content (AvgIpc) is 2.54. The Balaban J connectivity index is 3.05. The summed E-state index contributed by atoms with van der Waals surface area (Å²) in [6.45, 7) is 15.4. The average molecular weight is 361 g/mol. The van der Waals surface area contributed by atoms with Crippen LogP contribution < -0.4 is 0 Å². The lowest BCUT2D eigenvalue weighted by Gasteiger charge is -2.44. The van der Waals surface area contributed by atoms with E-state index in [1.54, 1.807) is 0 Å². The molecule has 144 valence electrons. The molecule has 4 nitrogen and oxygen atoms in total. The molecule has 3 unspecified atom stereocenters. The molecule has 1 heterocycles. The highest BCUT2D eigenvalue weighted by Gasteiger charge is 2.52. The third kappa shape index (κ3) is 7.12. The van der Waals surface area contributed by atoms with Crippen molar-refractivity contribution in [3.8, 4) is 0 Å². The summed E-state index contributed by atoms with van der Waals surface area (Å²) in [6, 6.07) is 0. The Labute approximate surface area is 151 Å². The van der Waals surface area contributed by atoms with Crippen LogP contribution in [0.4, 0.5) is 0 Å². The summed E-state index contributed by atoms with van der Waals surface area (Å²) in [5, 5.41) is 0. The summed E-state index contributed by atoms with van der Waals surface area (Å²) in [4.78, 5) is 0. The van der Waals surface area contributed by atoms with Crippen molar-refractivity contribution in [3.63, 3.8) is 0 Å². The Kier molecular flexibility index (Phi) is 9.45. The lowest BCUT2D eigenvalue weighted by Crippen LogP contribution is -2.65. The molecule has 1 saturated heterocycles. The maximum absolute atomic E-state index is 6.58. The molecule has 0 amide bonds. The van der Waals surface area contributed by atoms with Gasteiger partial charge in [0.15, 0.2) is 0 Å². The second-order valence-electron chi connectivity index (χ2n) is 7.98. The highest BCUT2D eigenvalue weighted by Crippen LogP contribution is 2.26. The number of hydrogen-bond donors (Lipinski definition) is 0. The molecule has 0 radical (unpaired) electrons. The van der Waals surface area contributed by atoms with Gasteiger partial charge in [0.05, 0.1) is 20.1 Å². The van der Waals surface area contributed by atoms with E-state index in [1.807, 2.05) is 0 Å². The molecular weight excluding hydrogens is 318 g/mol. The molecule has 24 heavy (non-hydrogen) atoms. The van der Waals surface area contributed by atoms with Crippen LogP contribution in [-0.4, -0.2) is 57.9 Å². The van der Waals surface area contributed by atoms with Gasteiger partial charge in [0.25, 0.3) is 0 Å². The summed E-state index contributed by atoms with van der Waals surface area (Å²) in [5.41, 5.74) is 0. The molecule has 5 heteroatoms. The Bertz CT molecular complexity index is 316. The van der Waals surface area contributed by atoms with Crippen molar-refractivity contribution in [2.75, 3.05) is 26.3 Å². The Morgan fingerprint density at radius 3 is 1.46 bits per heavy atom. The molecule has 3 atom stereocenters. The zero-order chi connectivity index (χ0) is 18.2. The van der Waals surface area contributed by atoms with Crippen molar-refractivity contribution in [1.82, 2.24) is 0 Å². The lowest BCUT2D eigenvalue weighted by atomic mass is 10.1. The van der Waals surface area contributed by atoms with Gasteiger partial charge in [-0.1, -0.05) is 20.8 Å². The number of nitrogens with zero attached hydrogens (tertiary/aromatic N) is 1. The maximum Gasteiger partial charge on any atom is 0.559 e. The van der Waals surface area contributed by atoms with Crippen molar-refractivity contribution in [2.24, 2.45) is 0 Å². The Hall–Kier alpha value is 0.0569. The highest BCUT2D eigenvalue weighted by molar-refractivity contribution is 6.60. The van der Waals surface area contributed by atoms with Gasteiger partial charge in [0, 0.05) is 18.3 Å². The first kappa shape index (κ1) is 22.1. The van der Waals surface area contributed by atoms with E-state index in [1.165, 1.54) is 32.4 Å². The molecule has 1 aliphatic rings. The van der Waals surface area contributed by atoms with Crippen LogP contribution in [0.25, 0.3) is 0 Å². The third-order valence-corrected chi connectivity index (χ3v) is 8.77. The standard InChI is InChI=1S/C19H42NO3Si/c1-8-17(4)21-24(22-18(5)9-2,23-19(6)10-3)16-20(7)14-12-11-13-15-20/h17-19H,8-16H2,1-7H3/q+1. The van der Waals surface area contributed by atoms with Crippen molar-refractivity contribution in [2.45, 2.75) is 98.4 Å². The molecule has 1 fully saturated rings. The molecule has 0 aliphatic carbocycles. The first-order valence-electron chi connectivity index (χ1n) is 10.1. The summed E-state index contributed by atoms with van der Waals surface area (Å²) in [5.74, 6) is 0. The van der Waals surface area contributed by atoms with E-state index in [-0.39, 0.29) is 18.3 Å². The molecule has 0 spiro atoms. The van der Waals surface area contributed by atoms with Gasteiger partial charge < -0.3 is 17.8 Å². The van der Waals surface area contributed by atoms with Gasteiger partial charge in [-0.25, -0.2) is 0 Å². The largest absolute Gasteiger partial charge is 0.559 e. The monoisotopic (exact) mass is 360 g/mol. The predicted octanol–water partition coefficient (Wildman–Crippen LogP) is 4.54. The number of likely N-dealkylation sites (tertiary alicyclic amines) is 1. The van der Waals surface area contributed by atoms with Crippen molar-refractivity contribution < 1.29 is 17.8 Å². The first-order valence-corrected chi connectivity index (χ1v) is 12.1. The summed E-state index contributed by atoms with van der Waals surface area (Å²) < 4.78 is 20.8. The van der Waals surface area contributed by atoms with Gasteiger partial charge in [0.2, 0.25) is 0 Å². The number of rotatable bonds is 11. The van der Waals surface area contributed by atoms with E-state index in [4.69, 9.17) is 13.3 Å². The van der Waals surface area contributed by atoms with Crippen LogP contribution in [0, 0.1) is 0 Å². The quantitative estimate of drug-likeness (QED) is 0.400. The minimum Gasteiger partial charge on any atom is -0.367 e. The Morgan fingerprint density at radius 2 is 1.12 bits per heavy atom. The SMILES string of the molecule is CCC(C)O[Si](C[N+]1(C)CCCCC1)(OC(C)CC)OC(C)CC. The van der Waals surface area contributed by atoms with E-state index >= 15 is 0 Å². The molecule has 0 aromatic carbocycles. The van der Waals surface area contributed by atoms with Crippen LogP contribution >= 0.6 is 0 Å². The van der Waals surface area contributed by atoms with Gasteiger partial charge in [-0.15, -0.1) is 0 Å². The third-order valence-electron chi connectivity index (χ3n) is 5.34. The molecule has 1 rings (SSSR count). The van der Waals surface area contributed by atoms with Crippen LogP contribution in [0.3, 0.4) is 0 Å². The van der Waals surface area contributed by atoms with Crippen LogP contribution in [-0.2, 0) is 13.3 Å². The zero-order valence-electron chi connectivity index (χ0n) is 17.3. The predicted molar refractivity (Wildman–Crippen MR) is 103 cm³/mol. The Morgan fingerprint density at radius 1 is 0.750 bits per heavy atom. The minimum atomic E-state index is -2.74. The molecule has 0 aromatic heterocycles. The second kappa shape index (κ2) is 10.3. The maximum atomic E-state index is 6.58. The lowest BCUT2D eigenvalue weighted by molar-refractivity contribution is -0.906. The van der Waals surface area contributed by atoms with Crippen molar-refractivity contribution >= 4 is 8.80 Å². The number of quaternary nitrogens is 1. The van der Waals surface area contributed by atoms with Gasteiger partial charge in [0.1, 0.15) is 6.17 Å². The van der Waals surface area contributed by atoms with Crippen molar-refractivity contribution in [3.05, 3.63) is 0 Å². The van der Waals surface area contributed by atoms with Gasteiger partial charge in [-0.2, -0.15) is 0 Å². The molecule has 0 N–H and O–H groups in total. The zero-order valence-corrected chi connectivity index (χ0v) is 18.3. The van der Waals surface area contributed by atoms with E-state index in [0.29, 0.717) is 0 Å². The van der Waals surface area contributed by atoms with Gasteiger partial charge >= 0.3 is 8.80 Å². The number of piperidine rings is 1. The van der Waals surface area contributed by atoms with E-state index in [9.17, 15) is 0 Å². The first-order chi connectivity index (χ1) is 11.3. The van der Waals surface area contributed by atoms with E-state index in [0.717, 1.165) is 29.9 Å². The fourth-order valence-electron chi connectivity index (χ4n) is 3.27. The second-order valence-corrected chi connectivity index (χ2v) is 10.4. The molecule has 1 aliphatic heterocycles. The highest BCUT2D eigenvalue weighted by atomic mass is 28.4. The fraction of sp³-hybridized carbons (Fsp3) is 1.00.